The van der Waals surface area contributed by atoms with Crippen LogP contribution in [0.15, 0.2) is 78.2 Å². The summed E-state index contributed by atoms with van der Waals surface area (Å²) < 4.78 is 37.5. The molecule has 2 aromatic heterocycles. The number of ether oxygens (including phenoxy) is 1. The molecule has 1 aliphatic carbocycles. The molecule has 3 heterocycles. The molecular formula is C29H31ClN6O4S. The van der Waals surface area contributed by atoms with Gasteiger partial charge >= 0.3 is 5.56 Å². The maximum atomic E-state index is 13.6. The monoisotopic (exact) mass is 594 g/mol. The molecule has 0 unspecified atom stereocenters. The van der Waals surface area contributed by atoms with Gasteiger partial charge in [0.05, 0.1) is 30.6 Å². The lowest BCUT2D eigenvalue weighted by atomic mass is 10.2. The van der Waals surface area contributed by atoms with Crippen LogP contribution < -0.4 is 15.2 Å². The van der Waals surface area contributed by atoms with Gasteiger partial charge in [0.15, 0.2) is 0 Å². The van der Waals surface area contributed by atoms with Gasteiger partial charge in [-0.3, -0.25) is 4.79 Å². The largest absolute Gasteiger partial charge is 0.486 e. The van der Waals surface area contributed by atoms with E-state index in [0.29, 0.717) is 41.7 Å². The Labute approximate surface area is 243 Å². The summed E-state index contributed by atoms with van der Waals surface area (Å²) in [7, 11) is -3.56. The summed E-state index contributed by atoms with van der Waals surface area (Å²) in [5.74, 6) is 0.125. The average Bonchev–Trinajstić information content (AvgIpc) is 3.44. The van der Waals surface area contributed by atoms with Crippen LogP contribution in [0.2, 0.25) is 5.02 Å². The average molecular weight is 595 g/mol. The topological polar surface area (TPSA) is 103 Å². The van der Waals surface area contributed by atoms with Crippen molar-refractivity contribution in [3.05, 3.63) is 94.4 Å². The van der Waals surface area contributed by atoms with Crippen molar-refractivity contribution in [2.75, 3.05) is 37.7 Å². The Morgan fingerprint density at radius 1 is 1.02 bits per heavy atom. The van der Waals surface area contributed by atoms with Crippen molar-refractivity contribution in [1.29, 1.82) is 0 Å². The van der Waals surface area contributed by atoms with Gasteiger partial charge < -0.3 is 14.2 Å². The molecule has 2 aliphatic rings. The van der Waals surface area contributed by atoms with Gasteiger partial charge in [-0.1, -0.05) is 36.7 Å². The van der Waals surface area contributed by atoms with Crippen LogP contribution in [0.25, 0.3) is 11.4 Å². The summed E-state index contributed by atoms with van der Waals surface area (Å²) in [6, 6.07) is 14.4. The molecule has 1 saturated carbocycles. The third-order valence-electron chi connectivity index (χ3n) is 7.67. The van der Waals surface area contributed by atoms with Crippen LogP contribution in [0, 0.1) is 5.41 Å². The number of nitrogens with zero attached hydrogens (tertiary/aromatic N) is 6. The van der Waals surface area contributed by atoms with Crippen molar-refractivity contribution in [2.45, 2.75) is 25.5 Å². The minimum atomic E-state index is -3.56. The van der Waals surface area contributed by atoms with Crippen molar-refractivity contribution < 1.29 is 13.2 Å². The highest BCUT2D eigenvalue weighted by atomic mass is 35.5. The summed E-state index contributed by atoms with van der Waals surface area (Å²) in [5, 5.41) is 4.92. The molecule has 1 saturated heterocycles. The number of imidazole rings is 1. The summed E-state index contributed by atoms with van der Waals surface area (Å²) in [4.78, 5) is 19.7. The second-order valence-electron chi connectivity index (χ2n) is 10.9. The van der Waals surface area contributed by atoms with Crippen LogP contribution in [-0.4, -0.2) is 64.8 Å². The lowest BCUT2D eigenvalue weighted by Gasteiger charge is -2.35. The zero-order chi connectivity index (χ0) is 28.6. The Balaban J connectivity index is 1.20. The number of anilines is 1. The van der Waals surface area contributed by atoms with Gasteiger partial charge in [-0.15, -0.1) is 0 Å². The molecule has 0 amide bonds. The Morgan fingerprint density at radius 3 is 2.49 bits per heavy atom. The highest BCUT2D eigenvalue weighted by Gasteiger charge is 2.39. The highest BCUT2D eigenvalue weighted by Crippen LogP contribution is 2.45. The van der Waals surface area contributed by atoms with Crippen LogP contribution in [0.1, 0.15) is 25.3 Å². The predicted octanol–water partition coefficient (Wildman–Crippen LogP) is 3.90. The fraction of sp³-hybridized carbons (Fsp3) is 0.345. The third-order valence-corrected chi connectivity index (χ3v) is 9.76. The first kappa shape index (κ1) is 27.5. The number of hydrogen-bond acceptors (Lipinski definition) is 7. The van der Waals surface area contributed by atoms with Gasteiger partial charge in [0, 0.05) is 54.7 Å². The van der Waals surface area contributed by atoms with E-state index in [1.807, 2.05) is 39.9 Å². The van der Waals surface area contributed by atoms with Crippen LogP contribution in [0.5, 0.6) is 5.75 Å². The molecule has 2 aromatic carbocycles. The van der Waals surface area contributed by atoms with E-state index in [0.717, 1.165) is 18.5 Å². The van der Waals surface area contributed by atoms with Crippen molar-refractivity contribution in [2.24, 2.45) is 5.41 Å². The van der Waals surface area contributed by atoms with Gasteiger partial charge in [0.1, 0.15) is 5.69 Å². The van der Waals surface area contributed by atoms with Gasteiger partial charge in [-0.2, -0.15) is 14.1 Å². The van der Waals surface area contributed by atoms with E-state index in [4.69, 9.17) is 16.3 Å². The number of halogens is 1. The molecule has 214 valence electrons. The minimum absolute atomic E-state index is 0.0653. The number of piperazine rings is 1. The molecule has 12 heteroatoms. The summed E-state index contributed by atoms with van der Waals surface area (Å²) in [6.07, 6.45) is 8.91. The SMILES string of the molecule is CC1(COc2c(N3CCN(S(=O)(=O)Cc4cccc(-n5ccnc5)c4)CC3)cnn(-c3cccc(Cl)c3)c2=O)CC1. The smallest absolute Gasteiger partial charge is 0.316 e. The van der Waals surface area contributed by atoms with Crippen LogP contribution in [-0.2, 0) is 15.8 Å². The predicted molar refractivity (Wildman–Crippen MR) is 158 cm³/mol. The van der Waals surface area contributed by atoms with Crippen LogP contribution in [0.4, 0.5) is 5.69 Å². The van der Waals surface area contributed by atoms with E-state index < -0.39 is 10.0 Å². The molecule has 0 bridgehead atoms. The fourth-order valence-corrected chi connectivity index (χ4v) is 6.60. The zero-order valence-corrected chi connectivity index (χ0v) is 24.3. The maximum Gasteiger partial charge on any atom is 0.316 e. The van der Waals surface area contributed by atoms with Crippen LogP contribution >= 0.6 is 11.6 Å². The molecule has 10 nitrogen and oxygen atoms in total. The molecule has 6 rings (SSSR count). The van der Waals surface area contributed by atoms with E-state index in [1.165, 1.54) is 8.99 Å². The van der Waals surface area contributed by atoms with E-state index in [2.05, 4.69) is 17.0 Å². The molecule has 0 radical (unpaired) electrons. The van der Waals surface area contributed by atoms with Crippen molar-refractivity contribution in [3.8, 4) is 17.1 Å². The molecule has 4 aromatic rings. The van der Waals surface area contributed by atoms with Gasteiger partial charge in [-0.05, 0) is 48.7 Å². The Kier molecular flexibility index (Phi) is 7.35. The molecule has 0 N–H and O–H groups in total. The summed E-state index contributed by atoms with van der Waals surface area (Å²) in [6.45, 7) is 3.96. The molecule has 0 spiro atoms. The molecule has 2 fully saturated rings. The summed E-state index contributed by atoms with van der Waals surface area (Å²) in [5.41, 5.74) is 2.37. The van der Waals surface area contributed by atoms with E-state index in [-0.39, 0.29) is 35.6 Å². The molecule has 41 heavy (non-hydrogen) atoms. The fourth-order valence-electron chi connectivity index (χ4n) is 4.91. The minimum Gasteiger partial charge on any atom is -0.486 e. The quantitative estimate of drug-likeness (QED) is 0.290. The number of rotatable bonds is 9. The first-order valence-electron chi connectivity index (χ1n) is 13.5. The zero-order valence-electron chi connectivity index (χ0n) is 22.7. The Morgan fingerprint density at radius 2 is 1.78 bits per heavy atom. The third kappa shape index (κ3) is 6.02. The van der Waals surface area contributed by atoms with Crippen molar-refractivity contribution in [3.63, 3.8) is 0 Å². The van der Waals surface area contributed by atoms with Gasteiger partial charge in [0.25, 0.3) is 0 Å². The number of benzene rings is 2. The van der Waals surface area contributed by atoms with E-state index >= 15 is 0 Å². The summed E-state index contributed by atoms with van der Waals surface area (Å²) >= 11 is 6.16. The lowest BCUT2D eigenvalue weighted by Crippen LogP contribution is -2.49. The second kappa shape index (κ2) is 11.0. The molecular weight excluding hydrogens is 564 g/mol. The molecule has 1 aliphatic heterocycles. The second-order valence-corrected chi connectivity index (χ2v) is 13.3. The standard InChI is InChI=1S/C29H31ClN6O4S/c1-29(8-9-29)20-40-27-26(18-32-36(28(27)37)25-7-3-5-23(30)17-25)33-12-14-35(15-13-33)41(38,39)19-22-4-2-6-24(16-22)34-11-10-31-21-34/h2-7,10-11,16-18,21H,8-9,12-15,19-20H2,1H3. The number of sulfonamides is 1. The number of hydrogen-bond donors (Lipinski definition) is 0. The van der Waals surface area contributed by atoms with Crippen molar-refractivity contribution >= 4 is 27.3 Å². The maximum absolute atomic E-state index is 13.6. The van der Waals surface area contributed by atoms with Crippen molar-refractivity contribution in [1.82, 2.24) is 23.6 Å². The number of aromatic nitrogens is 4. The normalized spacial score (nSPS) is 17.0. The van der Waals surface area contributed by atoms with Gasteiger partial charge in [-0.25, -0.2) is 13.4 Å². The van der Waals surface area contributed by atoms with E-state index in [9.17, 15) is 13.2 Å². The van der Waals surface area contributed by atoms with E-state index in [1.54, 1.807) is 43.0 Å². The molecule has 0 atom stereocenters. The first-order valence-corrected chi connectivity index (χ1v) is 15.5. The highest BCUT2D eigenvalue weighted by molar-refractivity contribution is 7.88. The van der Waals surface area contributed by atoms with Crippen LogP contribution in [0.3, 0.4) is 0 Å². The van der Waals surface area contributed by atoms with Gasteiger partial charge in [0.2, 0.25) is 15.8 Å². The lowest BCUT2D eigenvalue weighted by molar-refractivity contribution is 0.242. The Bertz CT molecular complexity index is 1710. The first-order chi connectivity index (χ1) is 19.7. The Hall–Kier alpha value is -3.67.